The fourth-order valence-electron chi connectivity index (χ4n) is 3.63. The Bertz CT molecular complexity index is 460. The van der Waals surface area contributed by atoms with E-state index in [1.807, 2.05) is 41.5 Å². The average Bonchev–Trinajstić information content (AvgIpc) is 2.30. The summed E-state index contributed by atoms with van der Waals surface area (Å²) < 4.78 is 0. The Hall–Kier alpha value is -0.690. The van der Waals surface area contributed by atoms with E-state index in [2.05, 4.69) is 20.8 Å². The van der Waals surface area contributed by atoms with Gasteiger partial charge >= 0.3 is 5.97 Å². The highest BCUT2D eigenvalue weighted by atomic mass is 17.2. The molecule has 1 saturated carbocycles. The van der Waals surface area contributed by atoms with E-state index in [-0.39, 0.29) is 17.8 Å². The molecule has 1 rings (SSSR count). The zero-order chi connectivity index (χ0) is 19.7. The third kappa shape index (κ3) is 6.85. The molecule has 0 aliphatic heterocycles. The molecular weight excluding hydrogens is 324 g/mol. The van der Waals surface area contributed by atoms with Crippen LogP contribution in [0.2, 0.25) is 0 Å². The molecule has 0 amide bonds. The molecule has 1 fully saturated rings. The van der Waals surface area contributed by atoms with E-state index in [0.29, 0.717) is 6.42 Å². The van der Waals surface area contributed by atoms with Crippen molar-refractivity contribution >= 4 is 5.97 Å². The van der Waals surface area contributed by atoms with Crippen molar-refractivity contribution in [2.45, 2.75) is 104 Å². The molecule has 1 aliphatic rings. The number of aliphatic carboxylic acids is 1. The minimum Gasteiger partial charge on any atom is -0.481 e. The molecule has 0 aromatic rings. The van der Waals surface area contributed by atoms with Crippen LogP contribution in [0, 0.1) is 11.3 Å². The van der Waals surface area contributed by atoms with Gasteiger partial charge in [-0.25, -0.2) is 19.6 Å². The second-order valence-electron chi connectivity index (χ2n) is 10.1. The van der Waals surface area contributed by atoms with Crippen molar-refractivity contribution in [1.29, 1.82) is 0 Å². The maximum absolute atomic E-state index is 11.6. The maximum atomic E-state index is 11.6. The van der Waals surface area contributed by atoms with Crippen molar-refractivity contribution in [2.75, 3.05) is 0 Å². The summed E-state index contributed by atoms with van der Waals surface area (Å²) in [6, 6.07) is 0. The number of hydrogen-bond donors (Lipinski definition) is 1. The van der Waals surface area contributed by atoms with E-state index < -0.39 is 28.9 Å². The van der Waals surface area contributed by atoms with Gasteiger partial charge in [-0.05, 0) is 65.7 Å². The van der Waals surface area contributed by atoms with E-state index in [1.165, 1.54) is 0 Å². The lowest BCUT2D eigenvalue weighted by Crippen LogP contribution is -2.60. The van der Waals surface area contributed by atoms with Crippen LogP contribution < -0.4 is 0 Å². The summed E-state index contributed by atoms with van der Waals surface area (Å²) in [7, 11) is 0. The van der Waals surface area contributed by atoms with E-state index >= 15 is 0 Å². The van der Waals surface area contributed by atoms with Crippen molar-refractivity contribution in [1.82, 2.24) is 0 Å². The molecule has 0 heterocycles. The molecule has 0 spiro atoms. The van der Waals surface area contributed by atoms with Crippen LogP contribution in [-0.4, -0.2) is 34.0 Å². The molecule has 148 valence electrons. The van der Waals surface area contributed by atoms with E-state index in [9.17, 15) is 9.90 Å². The Kier molecular flexibility index (Phi) is 6.71. The summed E-state index contributed by atoms with van der Waals surface area (Å²) in [5, 5.41) is 9.53. The Morgan fingerprint density at radius 1 is 1.04 bits per heavy atom. The van der Waals surface area contributed by atoms with Crippen molar-refractivity contribution in [3.8, 4) is 0 Å². The Morgan fingerprint density at radius 3 is 2.00 bits per heavy atom. The predicted octanol–water partition coefficient (Wildman–Crippen LogP) is 4.52. The molecule has 0 radical (unpaired) electrons. The Labute approximate surface area is 152 Å². The third-order valence-corrected chi connectivity index (χ3v) is 4.06. The standard InChI is InChI=1S/C19H36O6/c1-13-10-18(8,9)15(22-23-16(2,3)4)19(11-13,12-14(20)21)25-24-17(5,6)7/h13,15H,10-12H2,1-9H3,(H,20,21). The smallest absolute Gasteiger partial charge is 0.306 e. The summed E-state index contributed by atoms with van der Waals surface area (Å²) in [6.45, 7) is 17.4. The minimum absolute atomic E-state index is 0.213. The van der Waals surface area contributed by atoms with Gasteiger partial charge in [-0.2, -0.15) is 0 Å². The summed E-state index contributed by atoms with van der Waals surface area (Å²) in [6.07, 6.45) is 0.617. The number of hydrogen-bond acceptors (Lipinski definition) is 5. The van der Waals surface area contributed by atoms with Gasteiger partial charge in [0.05, 0.1) is 17.6 Å². The molecule has 3 unspecified atom stereocenters. The van der Waals surface area contributed by atoms with Crippen LogP contribution in [0.15, 0.2) is 0 Å². The maximum Gasteiger partial charge on any atom is 0.306 e. The lowest BCUT2D eigenvalue weighted by Gasteiger charge is -2.51. The van der Waals surface area contributed by atoms with Gasteiger partial charge in [0, 0.05) is 0 Å². The van der Waals surface area contributed by atoms with Gasteiger partial charge in [0.1, 0.15) is 11.7 Å². The molecule has 1 aliphatic carbocycles. The molecule has 1 N–H and O–H groups in total. The van der Waals surface area contributed by atoms with Crippen LogP contribution >= 0.6 is 0 Å². The van der Waals surface area contributed by atoms with Gasteiger partial charge in [-0.3, -0.25) is 4.79 Å². The van der Waals surface area contributed by atoms with Gasteiger partial charge in [-0.1, -0.05) is 20.8 Å². The van der Waals surface area contributed by atoms with E-state index in [4.69, 9.17) is 19.6 Å². The molecule has 0 aromatic carbocycles. The van der Waals surface area contributed by atoms with Gasteiger partial charge in [0.15, 0.2) is 0 Å². The predicted molar refractivity (Wildman–Crippen MR) is 94.8 cm³/mol. The van der Waals surface area contributed by atoms with Crippen molar-refractivity contribution in [2.24, 2.45) is 11.3 Å². The molecule has 6 nitrogen and oxygen atoms in total. The van der Waals surface area contributed by atoms with Gasteiger partial charge in [0.2, 0.25) is 0 Å². The second-order valence-corrected chi connectivity index (χ2v) is 10.1. The van der Waals surface area contributed by atoms with Crippen molar-refractivity contribution in [3.05, 3.63) is 0 Å². The monoisotopic (exact) mass is 360 g/mol. The fourth-order valence-corrected chi connectivity index (χ4v) is 3.63. The summed E-state index contributed by atoms with van der Waals surface area (Å²) in [5.41, 5.74) is -2.53. The van der Waals surface area contributed by atoms with Gasteiger partial charge in [-0.15, -0.1) is 0 Å². The Morgan fingerprint density at radius 2 is 1.56 bits per heavy atom. The van der Waals surface area contributed by atoms with Crippen LogP contribution in [0.3, 0.4) is 0 Å². The van der Waals surface area contributed by atoms with Gasteiger partial charge in [0.25, 0.3) is 0 Å². The molecular formula is C19H36O6. The highest BCUT2D eigenvalue weighted by Crippen LogP contribution is 2.50. The number of carboxylic acid groups (broad SMARTS) is 1. The van der Waals surface area contributed by atoms with E-state index in [0.717, 1.165) is 6.42 Å². The quantitative estimate of drug-likeness (QED) is 0.554. The minimum atomic E-state index is -1.12. The number of rotatable bonds is 6. The summed E-state index contributed by atoms with van der Waals surface area (Å²) in [5.74, 6) is -0.681. The Balaban J connectivity index is 3.23. The summed E-state index contributed by atoms with van der Waals surface area (Å²) in [4.78, 5) is 34.5. The van der Waals surface area contributed by atoms with Crippen LogP contribution in [0.25, 0.3) is 0 Å². The fraction of sp³-hybridized carbons (Fsp3) is 0.947. The lowest BCUT2D eigenvalue weighted by molar-refractivity contribution is -0.476. The molecule has 0 saturated heterocycles. The van der Waals surface area contributed by atoms with Crippen LogP contribution in [0.4, 0.5) is 0 Å². The van der Waals surface area contributed by atoms with Crippen LogP contribution in [0.5, 0.6) is 0 Å². The average molecular weight is 360 g/mol. The first-order valence-electron chi connectivity index (χ1n) is 8.99. The number of carboxylic acids is 1. The van der Waals surface area contributed by atoms with E-state index in [1.54, 1.807) is 0 Å². The number of carbonyl (C=O) groups is 1. The first-order chi connectivity index (χ1) is 11.1. The molecule has 25 heavy (non-hydrogen) atoms. The first kappa shape index (κ1) is 22.4. The topological polar surface area (TPSA) is 74.2 Å². The largest absolute Gasteiger partial charge is 0.481 e. The summed E-state index contributed by atoms with van der Waals surface area (Å²) >= 11 is 0. The van der Waals surface area contributed by atoms with Crippen LogP contribution in [0.1, 0.15) is 81.6 Å². The first-order valence-corrected chi connectivity index (χ1v) is 8.99. The van der Waals surface area contributed by atoms with Crippen molar-refractivity contribution < 1.29 is 29.5 Å². The second kappa shape index (κ2) is 7.51. The molecule has 0 aromatic heterocycles. The molecule has 3 atom stereocenters. The third-order valence-electron chi connectivity index (χ3n) is 4.06. The highest BCUT2D eigenvalue weighted by molar-refractivity contribution is 5.68. The SMILES string of the molecule is CC1CC(C)(C)C(OOC(C)(C)C)C(CC(=O)O)(OOC(C)(C)C)C1. The zero-order valence-electron chi connectivity index (χ0n) is 17.3. The van der Waals surface area contributed by atoms with Crippen LogP contribution in [-0.2, 0) is 24.3 Å². The normalized spacial score (nSPS) is 30.3. The van der Waals surface area contributed by atoms with Gasteiger partial charge < -0.3 is 5.11 Å². The zero-order valence-corrected chi connectivity index (χ0v) is 17.3. The lowest BCUT2D eigenvalue weighted by atomic mass is 9.62. The molecule has 6 heteroatoms. The van der Waals surface area contributed by atoms with Crippen molar-refractivity contribution in [3.63, 3.8) is 0 Å². The molecule has 0 bridgehead atoms. The highest BCUT2D eigenvalue weighted by Gasteiger charge is 2.57.